The quantitative estimate of drug-likeness (QED) is 0.549. The number of carbonyl (C=O) groups is 2. The molecule has 1 fully saturated rings. The molecule has 5 nitrogen and oxygen atoms in total. The van der Waals surface area contributed by atoms with Crippen molar-refractivity contribution in [3.05, 3.63) is 0 Å². The second-order valence-corrected chi connectivity index (χ2v) is 4.04. The van der Waals surface area contributed by atoms with E-state index < -0.39 is 0 Å². The lowest BCUT2D eigenvalue weighted by Crippen LogP contribution is -2.40. The van der Waals surface area contributed by atoms with Crippen LogP contribution in [0.5, 0.6) is 0 Å². The lowest BCUT2D eigenvalue weighted by Gasteiger charge is -2.10. The Kier molecular flexibility index (Phi) is 4.55. The number of hydrogen-bond donors (Lipinski definition) is 3. The van der Waals surface area contributed by atoms with Gasteiger partial charge in [0.2, 0.25) is 11.8 Å². The van der Waals surface area contributed by atoms with Crippen molar-refractivity contribution in [2.75, 3.05) is 13.1 Å². The molecule has 1 aliphatic rings. The van der Waals surface area contributed by atoms with Crippen LogP contribution >= 0.6 is 0 Å². The number of nitrogens with two attached hydrogens (primary N) is 1. The SMILES string of the molecule is CC(CCN)C(=O)NCC(=O)NC1CC1. The third kappa shape index (κ3) is 4.78. The highest BCUT2D eigenvalue weighted by Crippen LogP contribution is 2.18. The summed E-state index contributed by atoms with van der Waals surface area (Å²) in [4.78, 5) is 22.6. The molecular weight excluding hydrogens is 194 g/mol. The van der Waals surface area contributed by atoms with E-state index in [1.807, 2.05) is 0 Å². The van der Waals surface area contributed by atoms with Crippen molar-refractivity contribution in [1.82, 2.24) is 10.6 Å². The van der Waals surface area contributed by atoms with Crippen LogP contribution in [0.4, 0.5) is 0 Å². The highest BCUT2D eigenvalue weighted by atomic mass is 16.2. The maximum atomic E-state index is 11.4. The van der Waals surface area contributed by atoms with Crippen LogP contribution in [0.15, 0.2) is 0 Å². The van der Waals surface area contributed by atoms with Gasteiger partial charge in [0.1, 0.15) is 0 Å². The zero-order valence-corrected chi connectivity index (χ0v) is 9.08. The monoisotopic (exact) mass is 213 g/mol. The largest absolute Gasteiger partial charge is 0.352 e. The maximum absolute atomic E-state index is 11.4. The molecule has 0 aromatic heterocycles. The highest BCUT2D eigenvalue weighted by Gasteiger charge is 2.23. The van der Waals surface area contributed by atoms with Crippen LogP contribution in [0.3, 0.4) is 0 Å². The molecule has 1 saturated carbocycles. The molecule has 1 rings (SSSR count). The van der Waals surface area contributed by atoms with E-state index in [2.05, 4.69) is 10.6 Å². The van der Waals surface area contributed by atoms with Gasteiger partial charge in [-0.2, -0.15) is 0 Å². The van der Waals surface area contributed by atoms with Gasteiger partial charge in [-0.05, 0) is 25.8 Å². The van der Waals surface area contributed by atoms with Crippen molar-refractivity contribution in [2.45, 2.75) is 32.2 Å². The minimum absolute atomic E-state index is 0.0737. The molecule has 2 amide bonds. The summed E-state index contributed by atoms with van der Waals surface area (Å²) in [5.41, 5.74) is 5.34. The summed E-state index contributed by atoms with van der Waals surface area (Å²) in [7, 11) is 0. The van der Waals surface area contributed by atoms with Crippen LogP contribution in [0.25, 0.3) is 0 Å². The Morgan fingerprint density at radius 2 is 2.13 bits per heavy atom. The molecule has 0 spiro atoms. The number of hydrogen-bond acceptors (Lipinski definition) is 3. The van der Waals surface area contributed by atoms with Crippen molar-refractivity contribution < 1.29 is 9.59 Å². The molecule has 0 radical (unpaired) electrons. The predicted octanol–water partition coefficient (Wildman–Crippen LogP) is -0.634. The Morgan fingerprint density at radius 3 is 2.67 bits per heavy atom. The third-order valence-corrected chi connectivity index (χ3v) is 2.41. The molecule has 0 aromatic rings. The van der Waals surface area contributed by atoms with Gasteiger partial charge in [0.25, 0.3) is 0 Å². The number of rotatable bonds is 6. The first kappa shape index (κ1) is 12.0. The van der Waals surface area contributed by atoms with Gasteiger partial charge in [-0.15, -0.1) is 0 Å². The van der Waals surface area contributed by atoms with Gasteiger partial charge < -0.3 is 16.4 Å². The van der Waals surface area contributed by atoms with Crippen molar-refractivity contribution in [1.29, 1.82) is 0 Å². The molecule has 1 atom stereocenters. The summed E-state index contributed by atoms with van der Waals surface area (Å²) in [6, 6.07) is 0.343. The Labute approximate surface area is 89.8 Å². The van der Waals surface area contributed by atoms with Crippen LogP contribution in [0.1, 0.15) is 26.2 Å². The van der Waals surface area contributed by atoms with Crippen LogP contribution in [-0.4, -0.2) is 30.9 Å². The van der Waals surface area contributed by atoms with Gasteiger partial charge in [-0.25, -0.2) is 0 Å². The van der Waals surface area contributed by atoms with Crippen LogP contribution < -0.4 is 16.4 Å². The van der Waals surface area contributed by atoms with Gasteiger partial charge in [-0.3, -0.25) is 9.59 Å². The lowest BCUT2D eigenvalue weighted by atomic mass is 10.1. The fourth-order valence-electron chi connectivity index (χ4n) is 1.23. The average molecular weight is 213 g/mol. The number of amides is 2. The summed E-state index contributed by atoms with van der Waals surface area (Å²) >= 11 is 0. The Hall–Kier alpha value is -1.10. The summed E-state index contributed by atoms with van der Waals surface area (Å²) < 4.78 is 0. The first-order valence-electron chi connectivity index (χ1n) is 5.40. The molecule has 15 heavy (non-hydrogen) atoms. The van der Waals surface area contributed by atoms with E-state index in [1.54, 1.807) is 6.92 Å². The third-order valence-electron chi connectivity index (χ3n) is 2.41. The normalized spacial score (nSPS) is 16.9. The fraction of sp³-hybridized carbons (Fsp3) is 0.800. The van der Waals surface area contributed by atoms with Crippen LogP contribution in [0.2, 0.25) is 0 Å². The molecule has 0 aromatic carbocycles. The minimum atomic E-state index is -0.122. The van der Waals surface area contributed by atoms with E-state index in [0.717, 1.165) is 12.8 Å². The summed E-state index contributed by atoms with van der Waals surface area (Å²) in [6.45, 7) is 2.37. The van der Waals surface area contributed by atoms with E-state index in [9.17, 15) is 9.59 Å². The Bertz CT molecular complexity index is 239. The van der Waals surface area contributed by atoms with E-state index >= 15 is 0 Å². The second kappa shape index (κ2) is 5.70. The molecular formula is C10H19N3O2. The zero-order valence-electron chi connectivity index (χ0n) is 9.08. The van der Waals surface area contributed by atoms with Crippen molar-refractivity contribution >= 4 is 11.8 Å². The van der Waals surface area contributed by atoms with Gasteiger partial charge in [0.05, 0.1) is 6.54 Å². The smallest absolute Gasteiger partial charge is 0.239 e. The molecule has 0 aliphatic heterocycles. The summed E-state index contributed by atoms with van der Waals surface area (Å²) in [5, 5.41) is 5.40. The molecule has 1 aliphatic carbocycles. The van der Waals surface area contributed by atoms with Gasteiger partial charge in [0.15, 0.2) is 0 Å². The number of nitrogens with one attached hydrogen (secondary N) is 2. The Balaban J connectivity index is 2.11. The minimum Gasteiger partial charge on any atom is -0.352 e. The second-order valence-electron chi connectivity index (χ2n) is 4.04. The van der Waals surface area contributed by atoms with E-state index in [0.29, 0.717) is 19.0 Å². The van der Waals surface area contributed by atoms with Gasteiger partial charge in [0, 0.05) is 12.0 Å². The summed E-state index contributed by atoms with van der Waals surface area (Å²) in [6.07, 6.45) is 2.77. The van der Waals surface area contributed by atoms with E-state index in [4.69, 9.17) is 5.73 Å². The highest BCUT2D eigenvalue weighted by molar-refractivity contribution is 5.85. The van der Waals surface area contributed by atoms with E-state index in [1.165, 1.54) is 0 Å². The van der Waals surface area contributed by atoms with Crippen LogP contribution in [0, 0.1) is 5.92 Å². The van der Waals surface area contributed by atoms with Crippen molar-refractivity contribution in [3.8, 4) is 0 Å². The first-order chi connectivity index (χ1) is 7.13. The van der Waals surface area contributed by atoms with Gasteiger partial charge in [-0.1, -0.05) is 6.92 Å². The van der Waals surface area contributed by atoms with Crippen molar-refractivity contribution in [3.63, 3.8) is 0 Å². The van der Waals surface area contributed by atoms with Gasteiger partial charge >= 0.3 is 0 Å². The molecule has 0 heterocycles. The Morgan fingerprint density at radius 1 is 1.47 bits per heavy atom. The first-order valence-corrected chi connectivity index (χ1v) is 5.40. The fourth-order valence-corrected chi connectivity index (χ4v) is 1.23. The molecule has 4 N–H and O–H groups in total. The topological polar surface area (TPSA) is 84.2 Å². The molecule has 0 bridgehead atoms. The van der Waals surface area contributed by atoms with Crippen molar-refractivity contribution in [2.24, 2.45) is 11.7 Å². The van der Waals surface area contributed by atoms with Crippen LogP contribution in [-0.2, 0) is 9.59 Å². The molecule has 5 heteroatoms. The maximum Gasteiger partial charge on any atom is 0.239 e. The predicted molar refractivity (Wildman–Crippen MR) is 57.0 cm³/mol. The average Bonchev–Trinajstić information content (AvgIpc) is 2.98. The van der Waals surface area contributed by atoms with E-state index in [-0.39, 0.29) is 24.3 Å². The zero-order chi connectivity index (χ0) is 11.3. The molecule has 0 saturated heterocycles. The number of carbonyl (C=O) groups excluding carboxylic acids is 2. The standard InChI is InChI=1S/C10H19N3O2/c1-7(4-5-11)10(15)12-6-9(14)13-8-2-3-8/h7-8H,2-6,11H2,1H3,(H,12,15)(H,13,14). The lowest BCUT2D eigenvalue weighted by molar-refractivity contribution is -0.128. The summed E-state index contributed by atoms with van der Waals surface area (Å²) in [5.74, 6) is -0.332. The molecule has 86 valence electrons. The molecule has 1 unspecified atom stereocenters.